The van der Waals surface area contributed by atoms with Crippen molar-refractivity contribution in [2.24, 2.45) is 22.6 Å². The minimum absolute atomic E-state index is 0.0638. The van der Waals surface area contributed by atoms with Gasteiger partial charge in [0.05, 0.1) is 0 Å². The molecule has 0 saturated heterocycles. The van der Waals surface area contributed by atoms with Gasteiger partial charge in [-0.25, -0.2) is 0 Å². The van der Waals surface area contributed by atoms with Crippen molar-refractivity contribution < 1.29 is 5.11 Å². The number of aliphatic hydroxyl groups is 1. The fraction of sp³-hybridized carbons (Fsp3) is 0.600. The van der Waals surface area contributed by atoms with Crippen LogP contribution in [-0.2, 0) is 6.42 Å². The Morgan fingerprint density at radius 3 is 2.95 bits per heavy atom. The molecule has 0 bridgehead atoms. The van der Waals surface area contributed by atoms with E-state index in [1.807, 2.05) is 18.2 Å². The molecule has 4 N–H and O–H groups in total. The molecule has 1 aliphatic rings. The fourth-order valence-corrected chi connectivity index (χ4v) is 2.23. The summed E-state index contributed by atoms with van der Waals surface area (Å²) in [6.45, 7) is 1.53. The molecule has 1 aromatic rings. The van der Waals surface area contributed by atoms with Crippen LogP contribution in [0.5, 0.6) is 0 Å². The Bertz CT molecular complexity index is 417. The molecule has 0 aliphatic heterocycles. The number of guanidine groups is 1. The van der Waals surface area contributed by atoms with Gasteiger partial charge in [0, 0.05) is 37.5 Å². The minimum atomic E-state index is 0.0638. The molecule has 0 spiro atoms. The third kappa shape index (κ3) is 4.81. The van der Waals surface area contributed by atoms with E-state index in [1.54, 1.807) is 6.20 Å². The Balaban J connectivity index is 1.74. The number of nitrogens with two attached hydrogens (primary N) is 1. The van der Waals surface area contributed by atoms with Crippen LogP contribution in [0, 0.1) is 11.8 Å². The maximum Gasteiger partial charge on any atom is 0.188 e. The first-order valence-corrected chi connectivity index (χ1v) is 7.32. The Hall–Kier alpha value is -1.62. The molecule has 20 heavy (non-hydrogen) atoms. The smallest absolute Gasteiger partial charge is 0.188 e. The first-order valence-electron chi connectivity index (χ1n) is 7.32. The molecule has 0 amide bonds. The third-order valence-corrected chi connectivity index (χ3v) is 3.80. The van der Waals surface area contributed by atoms with Gasteiger partial charge in [-0.05, 0) is 37.3 Å². The number of pyridine rings is 1. The molecule has 1 unspecified atom stereocenters. The second-order valence-corrected chi connectivity index (χ2v) is 5.48. The lowest BCUT2D eigenvalue weighted by molar-refractivity contribution is 0.229. The maximum absolute atomic E-state index is 9.41. The van der Waals surface area contributed by atoms with E-state index in [1.165, 1.54) is 19.3 Å². The van der Waals surface area contributed by atoms with E-state index in [0.717, 1.165) is 24.6 Å². The average Bonchev–Trinajstić information content (AvgIpc) is 2.43. The predicted octanol–water partition coefficient (Wildman–Crippen LogP) is 0.937. The number of rotatable bonds is 7. The topological polar surface area (TPSA) is 83.5 Å². The van der Waals surface area contributed by atoms with E-state index in [4.69, 9.17) is 5.73 Å². The highest BCUT2D eigenvalue weighted by atomic mass is 16.3. The van der Waals surface area contributed by atoms with Gasteiger partial charge in [-0.2, -0.15) is 0 Å². The van der Waals surface area contributed by atoms with E-state index < -0.39 is 0 Å². The summed E-state index contributed by atoms with van der Waals surface area (Å²) in [7, 11) is 0. The molecule has 2 rings (SSSR count). The van der Waals surface area contributed by atoms with Gasteiger partial charge in [-0.3, -0.25) is 9.98 Å². The Kier molecular flexibility index (Phi) is 5.80. The van der Waals surface area contributed by atoms with Crippen LogP contribution in [0.25, 0.3) is 0 Å². The summed E-state index contributed by atoms with van der Waals surface area (Å²) in [4.78, 5) is 8.58. The summed E-state index contributed by atoms with van der Waals surface area (Å²) in [5.74, 6) is 1.30. The normalized spacial score (nSPS) is 17.6. The Labute approximate surface area is 120 Å². The number of hydrogen-bond donors (Lipinski definition) is 3. The SMILES string of the molecule is NC(=NCC(CO)Cc1ccccn1)NCC1CCC1. The summed E-state index contributed by atoms with van der Waals surface area (Å²) >= 11 is 0. The second kappa shape index (κ2) is 7.85. The molecule has 1 saturated carbocycles. The van der Waals surface area contributed by atoms with Crippen LogP contribution in [0.3, 0.4) is 0 Å². The van der Waals surface area contributed by atoms with Crippen LogP contribution in [0.15, 0.2) is 29.4 Å². The van der Waals surface area contributed by atoms with Crippen LogP contribution in [0.4, 0.5) is 0 Å². The summed E-state index contributed by atoms with van der Waals surface area (Å²) in [6.07, 6.45) is 6.40. The molecule has 5 heteroatoms. The third-order valence-electron chi connectivity index (χ3n) is 3.80. The average molecular weight is 276 g/mol. The molecule has 1 aromatic heterocycles. The molecule has 0 aromatic carbocycles. The van der Waals surface area contributed by atoms with Gasteiger partial charge in [-0.15, -0.1) is 0 Å². The number of nitrogens with one attached hydrogen (secondary N) is 1. The molecule has 1 aliphatic carbocycles. The van der Waals surface area contributed by atoms with Gasteiger partial charge in [0.1, 0.15) is 0 Å². The van der Waals surface area contributed by atoms with E-state index in [0.29, 0.717) is 12.5 Å². The molecule has 1 atom stereocenters. The lowest BCUT2D eigenvalue weighted by Gasteiger charge is -2.25. The predicted molar refractivity (Wildman–Crippen MR) is 80.3 cm³/mol. The van der Waals surface area contributed by atoms with E-state index in [9.17, 15) is 5.11 Å². The van der Waals surface area contributed by atoms with Gasteiger partial charge in [0.2, 0.25) is 0 Å². The van der Waals surface area contributed by atoms with E-state index >= 15 is 0 Å². The van der Waals surface area contributed by atoms with Crippen LogP contribution in [0.2, 0.25) is 0 Å². The van der Waals surface area contributed by atoms with E-state index in [2.05, 4.69) is 15.3 Å². The van der Waals surface area contributed by atoms with Crippen molar-refractivity contribution in [3.05, 3.63) is 30.1 Å². The summed E-state index contributed by atoms with van der Waals surface area (Å²) in [6, 6.07) is 5.80. The van der Waals surface area contributed by atoms with Gasteiger partial charge in [-0.1, -0.05) is 12.5 Å². The number of aliphatic hydroxyl groups excluding tert-OH is 1. The zero-order valence-corrected chi connectivity index (χ0v) is 11.8. The Morgan fingerprint density at radius 2 is 2.35 bits per heavy atom. The zero-order valence-electron chi connectivity index (χ0n) is 11.8. The molecular weight excluding hydrogens is 252 g/mol. The van der Waals surface area contributed by atoms with E-state index in [-0.39, 0.29) is 12.5 Å². The first kappa shape index (κ1) is 14.8. The van der Waals surface area contributed by atoms with Crippen molar-refractivity contribution in [2.45, 2.75) is 25.7 Å². The largest absolute Gasteiger partial charge is 0.396 e. The zero-order chi connectivity index (χ0) is 14.2. The van der Waals surface area contributed by atoms with Crippen molar-refractivity contribution in [1.82, 2.24) is 10.3 Å². The monoisotopic (exact) mass is 276 g/mol. The van der Waals surface area contributed by atoms with Crippen molar-refractivity contribution in [3.8, 4) is 0 Å². The summed E-state index contributed by atoms with van der Waals surface area (Å²) in [5.41, 5.74) is 6.81. The first-order chi connectivity index (χ1) is 9.78. The van der Waals surface area contributed by atoms with Gasteiger partial charge in [0.25, 0.3) is 0 Å². The van der Waals surface area contributed by atoms with Crippen molar-refractivity contribution in [2.75, 3.05) is 19.7 Å². The molecule has 0 radical (unpaired) electrons. The van der Waals surface area contributed by atoms with Crippen molar-refractivity contribution in [1.29, 1.82) is 0 Å². The van der Waals surface area contributed by atoms with Gasteiger partial charge in [0.15, 0.2) is 5.96 Å². The highest BCUT2D eigenvalue weighted by molar-refractivity contribution is 5.77. The Morgan fingerprint density at radius 1 is 1.50 bits per heavy atom. The maximum atomic E-state index is 9.41. The van der Waals surface area contributed by atoms with Crippen molar-refractivity contribution in [3.63, 3.8) is 0 Å². The number of nitrogens with zero attached hydrogens (tertiary/aromatic N) is 2. The highest BCUT2D eigenvalue weighted by Gasteiger charge is 2.17. The highest BCUT2D eigenvalue weighted by Crippen LogP contribution is 2.24. The van der Waals surface area contributed by atoms with Gasteiger partial charge >= 0.3 is 0 Å². The van der Waals surface area contributed by atoms with Crippen LogP contribution >= 0.6 is 0 Å². The molecule has 110 valence electrons. The molecule has 1 fully saturated rings. The summed E-state index contributed by atoms with van der Waals surface area (Å²) in [5, 5.41) is 12.6. The number of hydrogen-bond acceptors (Lipinski definition) is 3. The quantitative estimate of drug-likeness (QED) is 0.511. The van der Waals surface area contributed by atoms with Crippen LogP contribution in [-0.4, -0.2) is 35.7 Å². The van der Waals surface area contributed by atoms with Crippen LogP contribution < -0.4 is 11.1 Å². The molecular formula is C15H24N4O. The fourth-order valence-electron chi connectivity index (χ4n) is 2.23. The minimum Gasteiger partial charge on any atom is -0.396 e. The number of aliphatic imine (C=N–C) groups is 1. The summed E-state index contributed by atoms with van der Waals surface area (Å²) < 4.78 is 0. The second-order valence-electron chi connectivity index (χ2n) is 5.48. The van der Waals surface area contributed by atoms with Crippen LogP contribution in [0.1, 0.15) is 25.0 Å². The standard InChI is InChI=1S/C15H24N4O/c16-15(18-9-12-4-3-5-12)19-10-13(11-20)8-14-6-1-2-7-17-14/h1-2,6-7,12-13,20H,3-5,8-11H2,(H3,16,18,19). The lowest BCUT2D eigenvalue weighted by atomic mass is 9.85. The van der Waals surface area contributed by atoms with Crippen molar-refractivity contribution >= 4 is 5.96 Å². The molecule has 1 heterocycles. The van der Waals surface area contributed by atoms with Gasteiger partial charge < -0.3 is 16.2 Å². The lowest BCUT2D eigenvalue weighted by Crippen LogP contribution is -2.37. The number of aromatic nitrogens is 1. The molecule has 5 nitrogen and oxygen atoms in total.